The third kappa shape index (κ3) is 4.81. The van der Waals surface area contributed by atoms with Crippen LogP contribution in [0.3, 0.4) is 0 Å². The topological polar surface area (TPSA) is 68.0 Å². The Morgan fingerprint density at radius 2 is 1.83 bits per heavy atom. The van der Waals surface area contributed by atoms with Crippen LogP contribution in [0.25, 0.3) is 0 Å². The maximum Gasteiger partial charge on any atom is 0.226 e. The van der Waals surface area contributed by atoms with Crippen molar-refractivity contribution in [3.8, 4) is 0 Å². The van der Waals surface area contributed by atoms with Gasteiger partial charge in [-0.15, -0.1) is 0 Å². The Morgan fingerprint density at radius 3 is 2.35 bits per heavy atom. The molecule has 3 N–H and O–H groups in total. The lowest BCUT2D eigenvalue weighted by Gasteiger charge is -2.20. The summed E-state index contributed by atoms with van der Waals surface area (Å²) in [4.78, 5) is 16.3. The highest BCUT2D eigenvalue weighted by Gasteiger charge is 2.15. The second-order valence-electron chi connectivity index (χ2n) is 6.92. The van der Waals surface area contributed by atoms with Gasteiger partial charge in [-0.1, -0.05) is 45.0 Å². The molecule has 1 aromatic carbocycles. The third-order valence-corrected chi connectivity index (χ3v) is 3.84. The van der Waals surface area contributed by atoms with Gasteiger partial charge in [0.2, 0.25) is 5.91 Å². The van der Waals surface area contributed by atoms with E-state index in [2.05, 4.69) is 55.3 Å². The van der Waals surface area contributed by atoms with Crippen LogP contribution in [0, 0.1) is 0 Å². The number of nitrogens with one attached hydrogen (secondary N) is 1. The molecule has 0 bridgehead atoms. The van der Waals surface area contributed by atoms with E-state index in [-0.39, 0.29) is 23.8 Å². The standard InChI is InChI=1S/C19H25N3O/c1-13(14-5-7-15(8-6-14)19(2,3)4)22-18(23)11-17-10-9-16(20)12-21-17/h5-10,12-13H,11,20H2,1-4H3,(H,22,23). The number of carbonyl (C=O) groups is 1. The molecule has 2 rings (SSSR count). The van der Waals surface area contributed by atoms with Crippen molar-refractivity contribution in [3.63, 3.8) is 0 Å². The van der Waals surface area contributed by atoms with E-state index >= 15 is 0 Å². The first-order valence-corrected chi connectivity index (χ1v) is 7.86. The molecule has 0 fully saturated rings. The normalized spacial score (nSPS) is 12.7. The van der Waals surface area contributed by atoms with Gasteiger partial charge in [-0.3, -0.25) is 9.78 Å². The molecule has 1 unspecified atom stereocenters. The number of rotatable bonds is 4. The molecule has 4 nitrogen and oxygen atoms in total. The zero-order valence-corrected chi connectivity index (χ0v) is 14.3. The molecule has 1 amide bonds. The largest absolute Gasteiger partial charge is 0.397 e. The highest BCUT2D eigenvalue weighted by atomic mass is 16.1. The molecule has 0 aliphatic rings. The first kappa shape index (κ1) is 17.0. The summed E-state index contributed by atoms with van der Waals surface area (Å²) in [6.45, 7) is 8.55. The predicted octanol–water partition coefficient (Wildman–Crippen LogP) is 3.38. The molecule has 1 atom stereocenters. The molecule has 0 aliphatic heterocycles. The van der Waals surface area contributed by atoms with E-state index in [4.69, 9.17) is 5.73 Å². The smallest absolute Gasteiger partial charge is 0.226 e. The SMILES string of the molecule is CC(NC(=O)Cc1ccc(N)cn1)c1ccc(C(C)(C)C)cc1. The number of nitrogens with two attached hydrogens (primary N) is 1. The van der Waals surface area contributed by atoms with Gasteiger partial charge in [0, 0.05) is 5.69 Å². The number of carbonyl (C=O) groups excluding carboxylic acids is 1. The Morgan fingerprint density at radius 1 is 1.17 bits per heavy atom. The second kappa shape index (κ2) is 6.82. The van der Waals surface area contributed by atoms with Gasteiger partial charge in [0.15, 0.2) is 0 Å². The van der Waals surface area contributed by atoms with Gasteiger partial charge in [-0.05, 0) is 35.6 Å². The molecule has 1 heterocycles. The van der Waals surface area contributed by atoms with Crippen molar-refractivity contribution in [2.75, 3.05) is 5.73 Å². The summed E-state index contributed by atoms with van der Waals surface area (Å²) in [5.41, 5.74) is 9.42. The average Bonchev–Trinajstić information content (AvgIpc) is 2.49. The summed E-state index contributed by atoms with van der Waals surface area (Å²) in [7, 11) is 0. The Hall–Kier alpha value is -2.36. The van der Waals surface area contributed by atoms with Crippen LogP contribution in [0.1, 0.15) is 50.6 Å². The minimum absolute atomic E-state index is 0.0368. The molecule has 0 saturated heterocycles. The second-order valence-corrected chi connectivity index (χ2v) is 6.92. The average molecular weight is 311 g/mol. The first-order valence-electron chi connectivity index (χ1n) is 7.86. The number of aromatic nitrogens is 1. The number of amides is 1. The zero-order valence-electron chi connectivity index (χ0n) is 14.3. The summed E-state index contributed by atoms with van der Waals surface area (Å²) in [5, 5.41) is 3.01. The number of pyridine rings is 1. The van der Waals surface area contributed by atoms with E-state index in [1.165, 1.54) is 5.56 Å². The highest BCUT2D eigenvalue weighted by Crippen LogP contribution is 2.23. The van der Waals surface area contributed by atoms with Crippen molar-refractivity contribution in [1.82, 2.24) is 10.3 Å². The molecule has 0 spiro atoms. The summed E-state index contributed by atoms with van der Waals surface area (Å²) in [6.07, 6.45) is 1.82. The minimum Gasteiger partial charge on any atom is -0.397 e. The van der Waals surface area contributed by atoms with E-state index < -0.39 is 0 Å². The number of hydrogen-bond donors (Lipinski definition) is 2. The van der Waals surface area contributed by atoms with Gasteiger partial charge in [0.1, 0.15) is 0 Å². The van der Waals surface area contributed by atoms with Crippen molar-refractivity contribution in [2.45, 2.75) is 45.6 Å². The fourth-order valence-corrected chi connectivity index (χ4v) is 2.35. The van der Waals surface area contributed by atoms with Crippen molar-refractivity contribution in [1.29, 1.82) is 0 Å². The molecule has 0 radical (unpaired) electrons. The van der Waals surface area contributed by atoms with Gasteiger partial charge in [-0.2, -0.15) is 0 Å². The van der Waals surface area contributed by atoms with Crippen molar-refractivity contribution >= 4 is 11.6 Å². The van der Waals surface area contributed by atoms with Crippen LogP contribution in [-0.2, 0) is 16.6 Å². The lowest BCUT2D eigenvalue weighted by atomic mass is 9.86. The summed E-state index contributed by atoms with van der Waals surface area (Å²) >= 11 is 0. The van der Waals surface area contributed by atoms with Gasteiger partial charge in [0.25, 0.3) is 0 Å². The van der Waals surface area contributed by atoms with Crippen LogP contribution in [0.2, 0.25) is 0 Å². The van der Waals surface area contributed by atoms with Gasteiger partial charge in [0.05, 0.1) is 24.3 Å². The van der Waals surface area contributed by atoms with Crippen LogP contribution < -0.4 is 11.1 Å². The zero-order chi connectivity index (χ0) is 17.0. The minimum atomic E-state index is -0.0466. The summed E-state index contributed by atoms with van der Waals surface area (Å²) in [5.74, 6) is -0.0466. The summed E-state index contributed by atoms with van der Waals surface area (Å²) < 4.78 is 0. The van der Waals surface area contributed by atoms with E-state index in [1.807, 2.05) is 6.92 Å². The van der Waals surface area contributed by atoms with Crippen LogP contribution in [-0.4, -0.2) is 10.9 Å². The third-order valence-electron chi connectivity index (χ3n) is 3.84. The molecular formula is C19H25N3O. The molecular weight excluding hydrogens is 286 g/mol. The van der Waals surface area contributed by atoms with E-state index in [1.54, 1.807) is 18.3 Å². The molecule has 1 aromatic heterocycles. The maximum atomic E-state index is 12.1. The van der Waals surface area contributed by atoms with Crippen LogP contribution in [0.5, 0.6) is 0 Å². The van der Waals surface area contributed by atoms with E-state index in [0.29, 0.717) is 11.4 Å². The Kier molecular flexibility index (Phi) is 5.04. The Bertz CT molecular complexity index is 655. The lowest BCUT2D eigenvalue weighted by Crippen LogP contribution is -2.28. The Balaban J connectivity index is 1.96. The van der Waals surface area contributed by atoms with Crippen LogP contribution in [0.15, 0.2) is 42.6 Å². The van der Waals surface area contributed by atoms with Crippen molar-refractivity contribution in [2.24, 2.45) is 0 Å². The highest BCUT2D eigenvalue weighted by molar-refractivity contribution is 5.78. The fourth-order valence-electron chi connectivity index (χ4n) is 2.35. The van der Waals surface area contributed by atoms with Gasteiger partial charge in [-0.25, -0.2) is 0 Å². The lowest BCUT2D eigenvalue weighted by molar-refractivity contribution is -0.121. The fraction of sp³-hybridized carbons (Fsp3) is 0.368. The maximum absolute atomic E-state index is 12.1. The summed E-state index contributed by atoms with van der Waals surface area (Å²) in [6, 6.07) is 11.9. The number of anilines is 1. The van der Waals surface area contributed by atoms with E-state index in [0.717, 1.165) is 5.56 Å². The predicted molar refractivity (Wildman–Crippen MR) is 94.1 cm³/mol. The molecule has 0 aliphatic carbocycles. The molecule has 23 heavy (non-hydrogen) atoms. The van der Waals surface area contributed by atoms with Gasteiger partial charge < -0.3 is 11.1 Å². The quantitative estimate of drug-likeness (QED) is 0.909. The van der Waals surface area contributed by atoms with Gasteiger partial charge >= 0.3 is 0 Å². The van der Waals surface area contributed by atoms with Crippen molar-refractivity contribution in [3.05, 3.63) is 59.4 Å². The number of hydrogen-bond acceptors (Lipinski definition) is 3. The first-order chi connectivity index (χ1) is 10.8. The Labute approximate surface area is 138 Å². The number of benzene rings is 1. The van der Waals surface area contributed by atoms with Crippen LogP contribution >= 0.6 is 0 Å². The van der Waals surface area contributed by atoms with Crippen molar-refractivity contribution < 1.29 is 4.79 Å². The number of nitrogen functional groups attached to an aromatic ring is 1. The van der Waals surface area contributed by atoms with E-state index in [9.17, 15) is 4.79 Å². The molecule has 122 valence electrons. The monoisotopic (exact) mass is 311 g/mol. The molecule has 4 heteroatoms. The number of nitrogens with zero attached hydrogens (tertiary/aromatic N) is 1. The molecule has 2 aromatic rings. The van der Waals surface area contributed by atoms with Crippen LogP contribution in [0.4, 0.5) is 5.69 Å². The molecule has 0 saturated carbocycles.